The molecule has 5 nitrogen and oxygen atoms in total. The standard InChI is InChI=1S/C19H25FN4O/c1-16(23-9-2-3-10-23)19(25)21-8-11-22-12-14-24(15-13-22)18-6-4-17(20)5-7-18/h2-7,9-10,16H,8,11-15H2,1H3,(H,21,25)/t16-/m0/s1. The van der Waals surface area contributed by atoms with E-state index in [0.717, 1.165) is 38.4 Å². The highest BCUT2D eigenvalue weighted by molar-refractivity contribution is 5.79. The van der Waals surface area contributed by atoms with Crippen LogP contribution in [0.25, 0.3) is 0 Å². The van der Waals surface area contributed by atoms with Gasteiger partial charge in [-0.25, -0.2) is 4.39 Å². The van der Waals surface area contributed by atoms with Gasteiger partial charge in [-0.3, -0.25) is 9.69 Å². The first-order chi connectivity index (χ1) is 12.1. The lowest BCUT2D eigenvalue weighted by Crippen LogP contribution is -2.48. The molecule has 1 fully saturated rings. The SMILES string of the molecule is C[C@@H](C(=O)NCCN1CCN(c2ccc(F)cc2)CC1)n1cccc1. The van der Waals surface area contributed by atoms with Crippen LogP contribution < -0.4 is 10.2 Å². The number of amides is 1. The van der Waals surface area contributed by atoms with Gasteiger partial charge in [0.2, 0.25) is 5.91 Å². The van der Waals surface area contributed by atoms with Crippen molar-refractivity contribution in [3.63, 3.8) is 0 Å². The highest BCUT2D eigenvalue weighted by Crippen LogP contribution is 2.16. The van der Waals surface area contributed by atoms with Gasteiger partial charge in [-0.2, -0.15) is 0 Å². The quantitative estimate of drug-likeness (QED) is 0.873. The van der Waals surface area contributed by atoms with Crippen LogP contribution in [0.3, 0.4) is 0 Å². The smallest absolute Gasteiger partial charge is 0.242 e. The van der Waals surface area contributed by atoms with Crippen LogP contribution >= 0.6 is 0 Å². The summed E-state index contributed by atoms with van der Waals surface area (Å²) in [5.41, 5.74) is 1.06. The molecular weight excluding hydrogens is 319 g/mol. The molecule has 1 atom stereocenters. The Morgan fingerprint density at radius 2 is 1.76 bits per heavy atom. The van der Waals surface area contributed by atoms with Crippen molar-refractivity contribution in [1.82, 2.24) is 14.8 Å². The summed E-state index contributed by atoms with van der Waals surface area (Å²) in [6.45, 7) is 7.12. The Balaban J connectivity index is 1.38. The molecule has 0 aliphatic carbocycles. The number of benzene rings is 1. The normalized spacial score (nSPS) is 16.6. The van der Waals surface area contributed by atoms with Crippen molar-refractivity contribution in [2.75, 3.05) is 44.2 Å². The van der Waals surface area contributed by atoms with Gasteiger partial charge in [-0.15, -0.1) is 0 Å². The third kappa shape index (κ3) is 4.60. The van der Waals surface area contributed by atoms with E-state index < -0.39 is 0 Å². The number of hydrogen-bond donors (Lipinski definition) is 1. The number of anilines is 1. The second-order valence-corrected chi connectivity index (χ2v) is 6.40. The largest absolute Gasteiger partial charge is 0.369 e. The minimum atomic E-state index is -0.202. The topological polar surface area (TPSA) is 40.5 Å². The minimum Gasteiger partial charge on any atom is -0.369 e. The molecular formula is C19H25FN4O. The number of rotatable bonds is 6. The molecule has 1 N–H and O–H groups in total. The van der Waals surface area contributed by atoms with Crippen LogP contribution in [0.4, 0.5) is 10.1 Å². The summed E-state index contributed by atoms with van der Waals surface area (Å²) in [7, 11) is 0. The number of carbonyl (C=O) groups excluding carboxylic acids is 1. The number of hydrogen-bond acceptors (Lipinski definition) is 3. The molecule has 1 aliphatic heterocycles. The first-order valence-electron chi connectivity index (χ1n) is 8.76. The first kappa shape index (κ1) is 17.5. The van der Waals surface area contributed by atoms with Gasteiger partial charge in [0.25, 0.3) is 0 Å². The number of halogens is 1. The Hall–Kier alpha value is -2.34. The molecule has 1 aliphatic rings. The molecule has 2 aromatic rings. The molecule has 25 heavy (non-hydrogen) atoms. The summed E-state index contributed by atoms with van der Waals surface area (Å²) < 4.78 is 14.9. The summed E-state index contributed by atoms with van der Waals surface area (Å²) in [6, 6.07) is 10.3. The van der Waals surface area contributed by atoms with E-state index in [1.54, 1.807) is 0 Å². The number of piperazine rings is 1. The van der Waals surface area contributed by atoms with Gasteiger partial charge in [0.1, 0.15) is 11.9 Å². The Bertz CT molecular complexity index is 663. The third-order valence-electron chi connectivity index (χ3n) is 4.75. The van der Waals surface area contributed by atoms with Gasteiger partial charge >= 0.3 is 0 Å². The van der Waals surface area contributed by atoms with Crippen molar-refractivity contribution in [3.05, 3.63) is 54.6 Å². The predicted molar refractivity (Wildman–Crippen MR) is 97.2 cm³/mol. The lowest BCUT2D eigenvalue weighted by molar-refractivity contribution is -0.123. The van der Waals surface area contributed by atoms with E-state index in [4.69, 9.17) is 0 Å². The molecule has 2 heterocycles. The summed E-state index contributed by atoms with van der Waals surface area (Å²) in [4.78, 5) is 16.8. The van der Waals surface area contributed by atoms with Crippen molar-refractivity contribution >= 4 is 11.6 Å². The second-order valence-electron chi connectivity index (χ2n) is 6.40. The van der Waals surface area contributed by atoms with Gasteiger partial charge in [-0.05, 0) is 43.3 Å². The van der Waals surface area contributed by atoms with Crippen LogP contribution in [0.5, 0.6) is 0 Å². The molecule has 0 bridgehead atoms. The van der Waals surface area contributed by atoms with Crippen molar-refractivity contribution in [2.24, 2.45) is 0 Å². The van der Waals surface area contributed by atoms with Crippen LogP contribution in [0.15, 0.2) is 48.8 Å². The first-order valence-corrected chi connectivity index (χ1v) is 8.76. The fourth-order valence-electron chi connectivity index (χ4n) is 3.11. The summed E-state index contributed by atoms with van der Waals surface area (Å²) in [5.74, 6) is -0.159. The van der Waals surface area contributed by atoms with Gasteiger partial charge in [0.05, 0.1) is 0 Å². The molecule has 1 saturated heterocycles. The number of aromatic nitrogens is 1. The van der Waals surface area contributed by atoms with Crippen molar-refractivity contribution in [2.45, 2.75) is 13.0 Å². The number of nitrogens with zero attached hydrogens (tertiary/aromatic N) is 3. The van der Waals surface area contributed by atoms with Crippen molar-refractivity contribution < 1.29 is 9.18 Å². The fourth-order valence-corrected chi connectivity index (χ4v) is 3.11. The van der Waals surface area contributed by atoms with E-state index in [0.29, 0.717) is 6.54 Å². The monoisotopic (exact) mass is 344 g/mol. The lowest BCUT2D eigenvalue weighted by atomic mass is 10.2. The molecule has 6 heteroatoms. The van der Waals surface area contributed by atoms with Gasteiger partial charge in [0, 0.05) is 57.3 Å². The maximum atomic E-state index is 13.0. The second kappa shape index (κ2) is 8.16. The van der Waals surface area contributed by atoms with Crippen LogP contribution in [0, 0.1) is 5.82 Å². The lowest BCUT2D eigenvalue weighted by Gasteiger charge is -2.36. The zero-order valence-corrected chi connectivity index (χ0v) is 14.6. The van der Waals surface area contributed by atoms with Crippen LogP contribution in [0.2, 0.25) is 0 Å². The molecule has 1 aromatic carbocycles. The van der Waals surface area contributed by atoms with Gasteiger partial charge in [-0.1, -0.05) is 0 Å². The van der Waals surface area contributed by atoms with Crippen LogP contribution in [-0.4, -0.2) is 54.6 Å². The zero-order chi connectivity index (χ0) is 17.6. The summed E-state index contributed by atoms with van der Waals surface area (Å²) >= 11 is 0. The van der Waals surface area contributed by atoms with E-state index in [1.165, 1.54) is 12.1 Å². The predicted octanol–water partition coefficient (Wildman–Crippen LogP) is 2.13. The van der Waals surface area contributed by atoms with Crippen molar-refractivity contribution in [1.29, 1.82) is 0 Å². The highest BCUT2D eigenvalue weighted by atomic mass is 19.1. The van der Waals surface area contributed by atoms with Gasteiger partial charge in [0.15, 0.2) is 0 Å². The molecule has 1 aromatic heterocycles. The summed E-state index contributed by atoms with van der Waals surface area (Å²) in [6.07, 6.45) is 3.80. The van der Waals surface area contributed by atoms with E-state index >= 15 is 0 Å². The van der Waals surface area contributed by atoms with Crippen molar-refractivity contribution in [3.8, 4) is 0 Å². The fraction of sp³-hybridized carbons (Fsp3) is 0.421. The summed E-state index contributed by atoms with van der Waals surface area (Å²) in [5, 5.41) is 3.01. The average molecular weight is 344 g/mol. The molecule has 0 radical (unpaired) electrons. The number of nitrogens with one attached hydrogen (secondary N) is 1. The zero-order valence-electron chi connectivity index (χ0n) is 14.6. The molecule has 0 unspecified atom stereocenters. The Labute approximate surface area is 148 Å². The molecule has 3 rings (SSSR count). The average Bonchev–Trinajstić information content (AvgIpc) is 3.17. The van der Waals surface area contributed by atoms with E-state index in [-0.39, 0.29) is 17.8 Å². The third-order valence-corrected chi connectivity index (χ3v) is 4.75. The van der Waals surface area contributed by atoms with Crippen LogP contribution in [0.1, 0.15) is 13.0 Å². The Kier molecular flexibility index (Phi) is 5.71. The highest BCUT2D eigenvalue weighted by Gasteiger charge is 2.18. The maximum Gasteiger partial charge on any atom is 0.242 e. The van der Waals surface area contributed by atoms with Gasteiger partial charge < -0.3 is 14.8 Å². The van der Waals surface area contributed by atoms with Crippen LogP contribution in [-0.2, 0) is 4.79 Å². The molecule has 1 amide bonds. The molecule has 0 spiro atoms. The Morgan fingerprint density at radius 1 is 1.12 bits per heavy atom. The Morgan fingerprint density at radius 3 is 2.40 bits per heavy atom. The van der Waals surface area contributed by atoms with E-state index in [2.05, 4.69) is 15.1 Å². The van der Waals surface area contributed by atoms with E-state index in [9.17, 15) is 9.18 Å². The minimum absolute atomic E-state index is 0.0427. The molecule has 0 saturated carbocycles. The van der Waals surface area contributed by atoms with E-state index in [1.807, 2.05) is 48.1 Å². The number of carbonyl (C=O) groups is 1. The molecule has 134 valence electrons. The maximum absolute atomic E-state index is 13.0.